The van der Waals surface area contributed by atoms with Crippen molar-refractivity contribution < 1.29 is 19.1 Å². The van der Waals surface area contributed by atoms with E-state index in [1.165, 1.54) is 0 Å². The average Bonchev–Trinajstić information content (AvgIpc) is 2.82. The van der Waals surface area contributed by atoms with Crippen molar-refractivity contribution in [3.8, 4) is 5.75 Å². The number of aryl methyl sites for hydroxylation is 2. The lowest BCUT2D eigenvalue weighted by Crippen LogP contribution is -2.45. The van der Waals surface area contributed by atoms with Crippen LogP contribution < -0.4 is 15.4 Å². The first-order valence-electron chi connectivity index (χ1n) is 11.5. The van der Waals surface area contributed by atoms with Crippen LogP contribution in [0.15, 0.2) is 48.5 Å². The van der Waals surface area contributed by atoms with Crippen LogP contribution in [0.2, 0.25) is 0 Å². The molecule has 1 atom stereocenters. The Morgan fingerprint density at radius 2 is 1.79 bits per heavy atom. The number of anilines is 1. The van der Waals surface area contributed by atoms with Crippen LogP contribution in [-0.2, 0) is 16.0 Å². The fourth-order valence-corrected chi connectivity index (χ4v) is 3.82. The van der Waals surface area contributed by atoms with E-state index in [0.29, 0.717) is 38.2 Å². The highest BCUT2D eigenvalue weighted by Gasteiger charge is 2.24. The van der Waals surface area contributed by atoms with Gasteiger partial charge in [0.25, 0.3) is 5.91 Å². The zero-order valence-corrected chi connectivity index (χ0v) is 19.4. The Balaban J connectivity index is 1.39. The Morgan fingerprint density at radius 3 is 2.48 bits per heavy atom. The molecule has 1 aliphatic heterocycles. The Morgan fingerprint density at radius 1 is 1.06 bits per heavy atom. The van der Waals surface area contributed by atoms with Crippen LogP contribution in [0.3, 0.4) is 0 Å². The molecule has 0 unspecified atom stereocenters. The maximum absolute atomic E-state index is 12.6. The Hall–Kier alpha value is -3.35. The number of likely N-dealkylation sites (tertiary alicyclic amines) is 1. The molecule has 1 saturated heterocycles. The normalized spacial score (nSPS) is 15.6. The molecule has 176 valence electrons. The Labute approximate surface area is 195 Å². The summed E-state index contributed by atoms with van der Waals surface area (Å²) in [6.07, 6.45) is 3.11. The molecule has 0 bridgehead atoms. The molecule has 2 aromatic rings. The molecule has 33 heavy (non-hydrogen) atoms. The number of nitrogens with zero attached hydrogens (tertiary/aromatic N) is 1. The molecule has 1 heterocycles. The summed E-state index contributed by atoms with van der Waals surface area (Å²) in [4.78, 5) is 37.7. The number of hydrogen-bond donors (Lipinski definition) is 2. The van der Waals surface area contributed by atoms with Crippen LogP contribution in [0.1, 0.15) is 37.3 Å². The summed E-state index contributed by atoms with van der Waals surface area (Å²) in [6.45, 7) is 5.41. The van der Waals surface area contributed by atoms with Crippen LogP contribution >= 0.6 is 0 Å². The van der Waals surface area contributed by atoms with Gasteiger partial charge in [-0.2, -0.15) is 0 Å². The predicted molar refractivity (Wildman–Crippen MR) is 128 cm³/mol. The number of rotatable bonds is 9. The molecule has 7 heteroatoms. The van der Waals surface area contributed by atoms with E-state index in [-0.39, 0.29) is 30.2 Å². The minimum atomic E-state index is -0.239. The number of hydrogen-bond acceptors (Lipinski definition) is 4. The van der Waals surface area contributed by atoms with Gasteiger partial charge in [0.2, 0.25) is 0 Å². The van der Waals surface area contributed by atoms with Crippen molar-refractivity contribution in [2.75, 3.05) is 31.6 Å². The fourth-order valence-electron chi connectivity index (χ4n) is 3.82. The van der Waals surface area contributed by atoms with Gasteiger partial charge in [-0.25, -0.2) is 4.79 Å². The van der Waals surface area contributed by atoms with Crippen LogP contribution in [0.25, 0.3) is 0 Å². The molecule has 0 aliphatic carbocycles. The highest BCUT2D eigenvalue weighted by molar-refractivity contribution is 5.89. The van der Waals surface area contributed by atoms with Crippen molar-refractivity contribution in [3.05, 3.63) is 59.7 Å². The molecular formula is C26H33N3O4. The van der Waals surface area contributed by atoms with Crippen molar-refractivity contribution in [2.24, 2.45) is 5.92 Å². The molecule has 0 aromatic heterocycles. The van der Waals surface area contributed by atoms with Crippen molar-refractivity contribution in [1.82, 2.24) is 10.2 Å². The minimum absolute atomic E-state index is 0.0130. The number of carbonyl (C=O) groups is 3. The summed E-state index contributed by atoms with van der Waals surface area (Å²) in [6, 6.07) is 14.9. The van der Waals surface area contributed by atoms with E-state index in [9.17, 15) is 14.4 Å². The molecule has 0 saturated carbocycles. The number of ketones is 1. The molecule has 1 aliphatic rings. The van der Waals surface area contributed by atoms with Gasteiger partial charge in [0.05, 0.1) is 0 Å². The molecule has 3 rings (SSSR count). The fraction of sp³-hybridized carbons (Fsp3) is 0.423. The standard InChI is InChI=1S/C26H33N3O4/c1-19-5-11-23(12-6-19)28-26(32)27-16-22-4-3-15-29(17-22)25(31)18-33-24-13-9-21(10-14-24)8-7-20(2)30/h5-6,9-14,22H,3-4,7-8,15-18H2,1-2H3,(H2,27,28,32)/t22-/m0/s1. The number of amides is 3. The zero-order valence-electron chi connectivity index (χ0n) is 19.4. The molecule has 1 fully saturated rings. The average molecular weight is 452 g/mol. The first-order valence-corrected chi connectivity index (χ1v) is 11.5. The number of nitrogens with one attached hydrogen (secondary N) is 2. The monoisotopic (exact) mass is 451 g/mol. The first kappa shape index (κ1) is 24.3. The minimum Gasteiger partial charge on any atom is -0.484 e. The van der Waals surface area contributed by atoms with Gasteiger partial charge in [-0.1, -0.05) is 29.8 Å². The predicted octanol–water partition coefficient (Wildman–Crippen LogP) is 3.96. The summed E-state index contributed by atoms with van der Waals surface area (Å²) in [5.41, 5.74) is 2.96. The third-order valence-corrected chi connectivity index (χ3v) is 5.78. The molecule has 2 aromatic carbocycles. The summed E-state index contributed by atoms with van der Waals surface area (Å²) in [7, 11) is 0. The van der Waals surface area contributed by atoms with E-state index >= 15 is 0 Å². The number of piperidine rings is 1. The molecule has 3 amide bonds. The van der Waals surface area contributed by atoms with Gasteiger partial charge in [0, 0.05) is 31.7 Å². The van der Waals surface area contributed by atoms with Gasteiger partial charge in [-0.3, -0.25) is 4.79 Å². The van der Waals surface area contributed by atoms with Crippen molar-refractivity contribution in [2.45, 2.75) is 39.5 Å². The number of Topliss-reactive ketones (excluding diaryl/α,β-unsaturated/α-hetero) is 1. The van der Waals surface area contributed by atoms with E-state index in [2.05, 4.69) is 10.6 Å². The van der Waals surface area contributed by atoms with E-state index in [0.717, 1.165) is 29.7 Å². The maximum atomic E-state index is 12.6. The van der Waals surface area contributed by atoms with E-state index < -0.39 is 0 Å². The molecule has 2 N–H and O–H groups in total. The topological polar surface area (TPSA) is 87.7 Å². The largest absolute Gasteiger partial charge is 0.484 e. The van der Waals surface area contributed by atoms with E-state index in [1.54, 1.807) is 6.92 Å². The lowest BCUT2D eigenvalue weighted by molar-refractivity contribution is -0.135. The van der Waals surface area contributed by atoms with Crippen molar-refractivity contribution in [3.63, 3.8) is 0 Å². The van der Waals surface area contributed by atoms with Gasteiger partial charge < -0.3 is 25.1 Å². The lowest BCUT2D eigenvalue weighted by Gasteiger charge is -2.32. The number of benzene rings is 2. The van der Waals surface area contributed by atoms with Crippen LogP contribution in [-0.4, -0.2) is 48.9 Å². The van der Waals surface area contributed by atoms with E-state index in [1.807, 2.05) is 60.4 Å². The lowest BCUT2D eigenvalue weighted by atomic mass is 9.98. The third-order valence-electron chi connectivity index (χ3n) is 5.78. The van der Waals surface area contributed by atoms with Gasteiger partial charge in [-0.15, -0.1) is 0 Å². The van der Waals surface area contributed by atoms with Gasteiger partial charge in [0.15, 0.2) is 6.61 Å². The Kier molecular flexibility index (Phi) is 8.87. The smallest absolute Gasteiger partial charge is 0.319 e. The second-order valence-electron chi connectivity index (χ2n) is 8.68. The molecule has 0 spiro atoms. The second kappa shape index (κ2) is 12.0. The zero-order chi connectivity index (χ0) is 23.6. The quantitative estimate of drug-likeness (QED) is 0.604. The third kappa shape index (κ3) is 8.25. The van der Waals surface area contributed by atoms with Crippen LogP contribution in [0, 0.1) is 12.8 Å². The van der Waals surface area contributed by atoms with Gasteiger partial charge >= 0.3 is 6.03 Å². The maximum Gasteiger partial charge on any atom is 0.319 e. The SMILES string of the molecule is CC(=O)CCc1ccc(OCC(=O)N2CCC[C@@H](CNC(=O)Nc3ccc(C)cc3)C2)cc1. The van der Waals surface area contributed by atoms with Crippen LogP contribution in [0.4, 0.5) is 10.5 Å². The van der Waals surface area contributed by atoms with E-state index in [4.69, 9.17) is 4.74 Å². The summed E-state index contributed by atoms with van der Waals surface area (Å²) >= 11 is 0. The highest BCUT2D eigenvalue weighted by Crippen LogP contribution is 2.18. The second-order valence-corrected chi connectivity index (χ2v) is 8.68. The summed E-state index contributed by atoms with van der Waals surface area (Å²) < 4.78 is 5.67. The van der Waals surface area contributed by atoms with Crippen molar-refractivity contribution >= 4 is 23.4 Å². The molecule has 7 nitrogen and oxygen atoms in total. The molecule has 0 radical (unpaired) electrons. The number of carbonyl (C=O) groups excluding carboxylic acids is 3. The number of ether oxygens (including phenoxy) is 1. The van der Waals surface area contributed by atoms with Crippen LogP contribution in [0.5, 0.6) is 5.75 Å². The Bertz CT molecular complexity index is 941. The molecular weight excluding hydrogens is 418 g/mol. The van der Waals surface area contributed by atoms with Gasteiger partial charge in [0.1, 0.15) is 11.5 Å². The first-order chi connectivity index (χ1) is 15.9. The summed E-state index contributed by atoms with van der Waals surface area (Å²) in [5, 5.41) is 5.75. The van der Waals surface area contributed by atoms with Gasteiger partial charge in [-0.05, 0) is 68.9 Å². The highest BCUT2D eigenvalue weighted by atomic mass is 16.5. The number of urea groups is 1. The summed E-state index contributed by atoms with van der Waals surface area (Å²) in [5.74, 6) is 0.970. The van der Waals surface area contributed by atoms with Crippen molar-refractivity contribution in [1.29, 1.82) is 0 Å².